The summed E-state index contributed by atoms with van der Waals surface area (Å²) in [5.41, 5.74) is 2.23. The molecule has 0 amide bonds. The number of hydrogen-bond acceptors (Lipinski definition) is 4. The van der Waals surface area contributed by atoms with Crippen LogP contribution in [0.2, 0.25) is 0 Å². The second kappa shape index (κ2) is 9.02. The standard InChI is InChI=1S/C21H24O4/c1-4-18(15(2)22)12-17-10-11-20(24-3)19(13-17)21(23)25-14-16-8-6-5-7-9-16/h5-11,13,18H,4,12,14H2,1-3H3/t18-/m1/s1. The number of benzene rings is 2. The predicted molar refractivity (Wildman–Crippen MR) is 96.7 cm³/mol. The zero-order valence-electron chi connectivity index (χ0n) is 15.0. The quantitative estimate of drug-likeness (QED) is 0.676. The predicted octanol–water partition coefficient (Wildman–Crippen LogP) is 4.21. The van der Waals surface area contributed by atoms with Gasteiger partial charge in [0.2, 0.25) is 0 Å². The van der Waals surface area contributed by atoms with E-state index in [2.05, 4.69) is 0 Å². The van der Waals surface area contributed by atoms with Crippen molar-refractivity contribution in [2.24, 2.45) is 5.92 Å². The van der Waals surface area contributed by atoms with Gasteiger partial charge >= 0.3 is 5.97 Å². The Morgan fingerprint density at radius 2 is 1.76 bits per heavy atom. The highest BCUT2D eigenvalue weighted by Gasteiger charge is 2.18. The molecule has 0 radical (unpaired) electrons. The maximum absolute atomic E-state index is 12.5. The highest BCUT2D eigenvalue weighted by Crippen LogP contribution is 2.24. The summed E-state index contributed by atoms with van der Waals surface area (Å²) in [5.74, 6) is 0.157. The Balaban J connectivity index is 2.15. The van der Waals surface area contributed by atoms with E-state index >= 15 is 0 Å². The Labute approximate surface area is 148 Å². The smallest absolute Gasteiger partial charge is 0.342 e. The number of Topliss-reactive ketones (excluding diaryl/α,β-unsaturated/α-hetero) is 1. The van der Waals surface area contributed by atoms with Crippen molar-refractivity contribution in [2.75, 3.05) is 7.11 Å². The molecule has 0 fully saturated rings. The van der Waals surface area contributed by atoms with Gasteiger partial charge in [0.15, 0.2) is 0 Å². The Morgan fingerprint density at radius 1 is 1.04 bits per heavy atom. The van der Waals surface area contributed by atoms with Gasteiger partial charge < -0.3 is 9.47 Å². The molecule has 0 aliphatic heterocycles. The second-order valence-electron chi connectivity index (χ2n) is 6.02. The maximum atomic E-state index is 12.5. The Morgan fingerprint density at radius 3 is 2.36 bits per heavy atom. The minimum atomic E-state index is -0.432. The van der Waals surface area contributed by atoms with Gasteiger partial charge in [-0.1, -0.05) is 43.3 Å². The molecule has 0 N–H and O–H groups in total. The van der Waals surface area contributed by atoms with Crippen molar-refractivity contribution in [3.05, 3.63) is 65.2 Å². The fourth-order valence-electron chi connectivity index (χ4n) is 2.70. The number of ketones is 1. The van der Waals surface area contributed by atoms with Crippen molar-refractivity contribution in [1.29, 1.82) is 0 Å². The van der Waals surface area contributed by atoms with E-state index < -0.39 is 5.97 Å². The van der Waals surface area contributed by atoms with E-state index in [0.717, 1.165) is 17.5 Å². The highest BCUT2D eigenvalue weighted by atomic mass is 16.5. The summed E-state index contributed by atoms with van der Waals surface area (Å²) in [7, 11) is 1.52. The third-order valence-corrected chi connectivity index (χ3v) is 4.25. The fourth-order valence-corrected chi connectivity index (χ4v) is 2.70. The summed E-state index contributed by atoms with van der Waals surface area (Å²) in [6.45, 7) is 3.80. The second-order valence-corrected chi connectivity index (χ2v) is 6.02. The van der Waals surface area contributed by atoms with Gasteiger partial charge in [0.1, 0.15) is 23.7 Å². The van der Waals surface area contributed by atoms with Gasteiger partial charge in [0.05, 0.1) is 7.11 Å². The lowest BCUT2D eigenvalue weighted by atomic mass is 9.93. The Kier molecular flexibility index (Phi) is 6.75. The molecule has 25 heavy (non-hydrogen) atoms. The van der Waals surface area contributed by atoms with Crippen molar-refractivity contribution in [1.82, 2.24) is 0 Å². The first-order chi connectivity index (χ1) is 12.0. The summed E-state index contributed by atoms with van der Waals surface area (Å²) in [5, 5.41) is 0. The molecule has 0 heterocycles. The first-order valence-electron chi connectivity index (χ1n) is 8.43. The van der Waals surface area contributed by atoms with E-state index in [1.54, 1.807) is 19.1 Å². The number of rotatable bonds is 8. The van der Waals surface area contributed by atoms with Gasteiger partial charge in [-0.2, -0.15) is 0 Å². The molecule has 0 bridgehead atoms. The molecular formula is C21H24O4. The van der Waals surface area contributed by atoms with Gasteiger partial charge in [0, 0.05) is 5.92 Å². The Hall–Kier alpha value is -2.62. The van der Waals surface area contributed by atoms with Crippen molar-refractivity contribution >= 4 is 11.8 Å². The van der Waals surface area contributed by atoms with Crippen LogP contribution >= 0.6 is 0 Å². The minimum Gasteiger partial charge on any atom is -0.496 e. The van der Waals surface area contributed by atoms with Gasteiger partial charge in [0.25, 0.3) is 0 Å². The van der Waals surface area contributed by atoms with Crippen LogP contribution in [0.3, 0.4) is 0 Å². The number of esters is 1. The molecule has 1 atom stereocenters. The van der Waals surface area contributed by atoms with E-state index in [1.165, 1.54) is 7.11 Å². The van der Waals surface area contributed by atoms with Gasteiger partial charge in [-0.25, -0.2) is 4.79 Å². The average molecular weight is 340 g/mol. The third kappa shape index (κ3) is 5.18. The summed E-state index contributed by atoms with van der Waals surface area (Å²) >= 11 is 0. The normalized spacial score (nSPS) is 11.6. The van der Waals surface area contributed by atoms with Gasteiger partial charge in [-0.05, 0) is 43.0 Å². The molecule has 0 unspecified atom stereocenters. The molecule has 0 spiro atoms. The van der Waals surface area contributed by atoms with Crippen molar-refractivity contribution < 1.29 is 19.1 Å². The first-order valence-corrected chi connectivity index (χ1v) is 8.43. The van der Waals surface area contributed by atoms with Crippen LogP contribution in [0.4, 0.5) is 0 Å². The topological polar surface area (TPSA) is 52.6 Å². The van der Waals surface area contributed by atoms with Gasteiger partial charge in [-0.15, -0.1) is 0 Å². The maximum Gasteiger partial charge on any atom is 0.342 e. The zero-order chi connectivity index (χ0) is 18.2. The monoisotopic (exact) mass is 340 g/mol. The number of carbonyl (C=O) groups excluding carboxylic acids is 2. The molecule has 2 aromatic rings. The van der Waals surface area contributed by atoms with E-state index in [0.29, 0.717) is 17.7 Å². The van der Waals surface area contributed by atoms with E-state index in [4.69, 9.17) is 9.47 Å². The lowest BCUT2D eigenvalue weighted by Gasteiger charge is -2.14. The van der Waals surface area contributed by atoms with Crippen LogP contribution in [-0.2, 0) is 22.6 Å². The lowest BCUT2D eigenvalue weighted by molar-refractivity contribution is -0.120. The van der Waals surface area contributed by atoms with Crippen LogP contribution in [-0.4, -0.2) is 18.9 Å². The van der Waals surface area contributed by atoms with E-state index in [-0.39, 0.29) is 18.3 Å². The minimum absolute atomic E-state index is 0.0402. The molecule has 132 valence electrons. The number of hydrogen-bond donors (Lipinski definition) is 0. The van der Waals surface area contributed by atoms with Crippen LogP contribution < -0.4 is 4.74 Å². The third-order valence-electron chi connectivity index (χ3n) is 4.25. The largest absolute Gasteiger partial charge is 0.496 e. The summed E-state index contributed by atoms with van der Waals surface area (Å²) in [4.78, 5) is 24.1. The van der Waals surface area contributed by atoms with Crippen molar-refractivity contribution in [3.8, 4) is 5.75 Å². The van der Waals surface area contributed by atoms with Crippen molar-refractivity contribution in [3.63, 3.8) is 0 Å². The summed E-state index contributed by atoms with van der Waals surface area (Å²) < 4.78 is 10.7. The SMILES string of the molecule is CC[C@H](Cc1ccc(OC)c(C(=O)OCc2ccccc2)c1)C(C)=O. The molecule has 4 nitrogen and oxygen atoms in total. The first kappa shape index (κ1) is 18.7. The van der Waals surface area contributed by atoms with Crippen LogP contribution in [0.1, 0.15) is 41.8 Å². The van der Waals surface area contributed by atoms with Gasteiger partial charge in [-0.3, -0.25) is 4.79 Å². The fraction of sp³-hybridized carbons (Fsp3) is 0.333. The van der Waals surface area contributed by atoms with E-state index in [1.807, 2.05) is 43.3 Å². The van der Waals surface area contributed by atoms with Crippen molar-refractivity contribution in [2.45, 2.75) is 33.3 Å². The molecule has 4 heteroatoms. The van der Waals surface area contributed by atoms with Crippen LogP contribution in [0.5, 0.6) is 5.75 Å². The van der Waals surface area contributed by atoms with Crippen LogP contribution in [0, 0.1) is 5.92 Å². The molecule has 0 aliphatic carbocycles. The van der Waals surface area contributed by atoms with Crippen LogP contribution in [0.25, 0.3) is 0 Å². The molecule has 2 rings (SSSR count). The molecule has 2 aromatic carbocycles. The molecular weight excluding hydrogens is 316 g/mol. The summed E-state index contributed by atoms with van der Waals surface area (Å²) in [6, 6.07) is 14.9. The highest BCUT2D eigenvalue weighted by molar-refractivity contribution is 5.92. The average Bonchev–Trinajstić information content (AvgIpc) is 2.64. The number of carbonyl (C=O) groups is 2. The number of ether oxygens (including phenoxy) is 2. The summed E-state index contributed by atoms with van der Waals surface area (Å²) in [6.07, 6.45) is 1.38. The lowest BCUT2D eigenvalue weighted by Crippen LogP contribution is -2.14. The molecule has 0 aromatic heterocycles. The zero-order valence-corrected chi connectivity index (χ0v) is 15.0. The molecule has 0 saturated carbocycles. The number of methoxy groups -OCH3 is 1. The Bertz CT molecular complexity index is 722. The van der Waals surface area contributed by atoms with Crippen LogP contribution in [0.15, 0.2) is 48.5 Å². The molecule has 0 saturated heterocycles. The molecule has 0 aliphatic rings. The van der Waals surface area contributed by atoms with E-state index in [9.17, 15) is 9.59 Å².